The lowest BCUT2D eigenvalue weighted by molar-refractivity contribution is 0.0389. The Hall–Kier alpha value is -1.19. The van der Waals surface area contributed by atoms with Gasteiger partial charge in [0.15, 0.2) is 0 Å². The normalized spacial score (nSPS) is 22.7. The molecule has 1 aliphatic rings. The molecule has 2 aromatic rings. The van der Waals surface area contributed by atoms with Gasteiger partial charge in [-0.25, -0.2) is 4.98 Å². The van der Waals surface area contributed by atoms with Gasteiger partial charge in [0, 0.05) is 18.0 Å². The molecular weight excluding hydrogens is 230 g/mol. The number of fused-ring (bicyclic) bond motifs is 1. The first-order valence-electron chi connectivity index (χ1n) is 5.88. The molecule has 0 spiro atoms. The van der Waals surface area contributed by atoms with E-state index in [2.05, 4.69) is 30.1 Å². The molecule has 0 saturated heterocycles. The van der Waals surface area contributed by atoms with Crippen molar-refractivity contribution in [3.8, 4) is 0 Å². The number of nitrogens with zero attached hydrogens (tertiary/aromatic N) is 1. The zero-order chi connectivity index (χ0) is 11.9. The second-order valence-electron chi connectivity index (χ2n) is 4.79. The molecule has 0 fully saturated rings. The highest BCUT2D eigenvalue weighted by Crippen LogP contribution is 2.39. The van der Waals surface area contributed by atoms with Gasteiger partial charge in [-0.15, -0.1) is 11.3 Å². The third kappa shape index (κ3) is 1.90. The van der Waals surface area contributed by atoms with Gasteiger partial charge in [0.1, 0.15) is 0 Å². The van der Waals surface area contributed by atoms with E-state index in [0.717, 1.165) is 23.4 Å². The van der Waals surface area contributed by atoms with E-state index in [-0.39, 0.29) is 0 Å². The molecule has 88 valence electrons. The molecule has 0 saturated carbocycles. The fraction of sp³-hybridized carbons (Fsp3) is 0.357. The molecule has 0 aliphatic heterocycles. The van der Waals surface area contributed by atoms with Crippen molar-refractivity contribution in [1.29, 1.82) is 0 Å². The topological polar surface area (TPSA) is 33.1 Å². The maximum Gasteiger partial charge on any atom is 0.0965 e. The van der Waals surface area contributed by atoms with E-state index >= 15 is 0 Å². The lowest BCUT2D eigenvalue weighted by Crippen LogP contribution is -2.25. The quantitative estimate of drug-likeness (QED) is 0.882. The van der Waals surface area contributed by atoms with Crippen LogP contribution in [0, 0.1) is 6.92 Å². The van der Waals surface area contributed by atoms with Crippen LogP contribution in [0.25, 0.3) is 0 Å². The molecular formula is C14H15NOS. The Morgan fingerprint density at radius 1 is 1.47 bits per heavy atom. The van der Waals surface area contributed by atoms with Crippen molar-refractivity contribution < 1.29 is 5.11 Å². The molecule has 0 radical (unpaired) electrons. The molecule has 1 N–H and O–H groups in total. The van der Waals surface area contributed by atoms with Crippen LogP contribution in [0.5, 0.6) is 0 Å². The first-order chi connectivity index (χ1) is 8.17. The van der Waals surface area contributed by atoms with Gasteiger partial charge in [-0.3, -0.25) is 0 Å². The Kier molecular flexibility index (Phi) is 2.53. The predicted octanol–water partition coefficient (Wildman–Crippen LogP) is 2.83. The first kappa shape index (κ1) is 10.9. The second-order valence-corrected chi connectivity index (χ2v) is 5.77. The van der Waals surface area contributed by atoms with Crippen molar-refractivity contribution in [2.75, 3.05) is 0 Å². The fourth-order valence-electron chi connectivity index (χ4n) is 2.59. The van der Waals surface area contributed by atoms with Crippen LogP contribution in [-0.2, 0) is 18.4 Å². The highest BCUT2D eigenvalue weighted by atomic mass is 32.1. The highest BCUT2D eigenvalue weighted by molar-refractivity contribution is 7.09. The third-order valence-electron chi connectivity index (χ3n) is 3.50. The third-order valence-corrected chi connectivity index (χ3v) is 4.28. The van der Waals surface area contributed by atoms with Crippen molar-refractivity contribution in [2.45, 2.75) is 31.8 Å². The minimum Gasteiger partial charge on any atom is -0.385 e. The number of aliphatic hydroxyl groups is 1. The smallest absolute Gasteiger partial charge is 0.0965 e. The van der Waals surface area contributed by atoms with E-state index in [4.69, 9.17) is 0 Å². The second kappa shape index (κ2) is 3.93. The molecule has 2 nitrogen and oxygen atoms in total. The van der Waals surface area contributed by atoms with Crippen LogP contribution in [0.4, 0.5) is 0 Å². The van der Waals surface area contributed by atoms with Crippen LogP contribution in [0.1, 0.15) is 28.1 Å². The SMILES string of the molecule is Cc1ccc2c(c1)C(O)(Cc1nccs1)CC2. The maximum atomic E-state index is 10.8. The summed E-state index contributed by atoms with van der Waals surface area (Å²) in [6, 6.07) is 6.38. The van der Waals surface area contributed by atoms with Gasteiger partial charge in [-0.1, -0.05) is 23.8 Å². The lowest BCUT2D eigenvalue weighted by Gasteiger charge is -2.23. The summed E-state index contributed by atoms with van der Waals surface area (Å²) in [6.45, 7) is 2.07. The van der Waals surface area contributed by atoms with E-state index in [1.54, 1.807) is 17.5 Å². The molecule has 0 bridgehead atoms. The van der Waals surface area contributed by atoms with Crippen LogP contribution in [0.2, 0.25) is 0 Å². The maximum absolute atomic E-state index is 10.8. The number of thiazole rings is 1. The number of rotatable bonds is 2. The van der Waals surface area contributed by atoms with Crippen molar-refractivity contribution >= 4 is 11.3 Å². The van der Waals surface area contributed by atoms with Gasteiger partial charge >= 0.3 is 0 Å². The van der Waals surface area contributed by atoms with E-state index in [9.17, 15) is 5.11 Å². The Balaban J connectivity index is 1.98. The first-order valence-corrected chi connectivity index (χ1v) is 6.76. The molecule has 1 aromatic heterocycles. The van der Waals surface area contributed by atoms with E-state index in [0.29, 0.717) is 6.42 Å². The van der Waals surface area contributed by atoms with Crippen molar-refractivity contribution in [3.63, 3.8) is 0 Å². The number of hydrogen-bond acceptors (Lipinski definition) is 3. The summed E-state index contributed by atoms with van der Waals surface area (Å²) in [4.78, 5) is 4.28. The standard InChI is InChI=1S/C14H15NOS/c1-10-2-3-11-4-5-14(16,12(11)8-10)9-13-15-6-7-17-13/h2-3,6-8,16H,4-5,9H2,1H3. The minimum absolute atomic E-state index is 0.640. The monoisotopic (exact) mass is 245 g/mol. The summed E-state index contributed by atoms with van der Waals surface area (Å²) in [7, 11) is 0. The van der Waals surface area contributed by atoms with Crippen LogP contribution in [0.3, 0.4) is 0 Å². The Morgan fingerprint density at radius 3 is 3.12 bits per heavy atom. The molecule has 1 unspecified atom stereocenters. The molecule has 1 heterocycles. The summed E-state index contributed by atoms with van der Waals surface area (Å²) in [5, 5.41) is 13.8. The summed E-state index contributed by atoms with van der Waals surface area (Å²) in [5.41, 5.74) is 2.89. The highest BCUT2D eigenvalue weighted by Gasteiger charge is 2.37. The van der Waals surface area contributed by atoms with Crippen molar-refractivity contribution in [1.82, 2.24) is 4.98 Å². The van der Waals surface area contributed by atoms with Gasteiger partial charge in [0.25, 0.3) is 0 Å². The molecule has 1 atom stereocenters. The van der Waals surface area contributed by atoms with Crippen molar-refractivity contribution in [2.24, 2.45) is 0 Å². The Labute approximate surface area is 105 Å². The van der Waals surface area contributed by atoms with Crippen molar-refractivity contribution in [3.05, 3.63) is 51.5 Å². The van der Waals surface area contributed by atoms with Gasteiger partial charge in [0.05, 0.1) is 10.6 Å². The summed E-state index contributed by atoms with van der Waals surface area (Å²) >= 11 is 1.62. The summed E-state index contributed by atoms with van der Waals surface area (Å²) in [5.74, 6) is 0. The lowest BCUT2D eigenvalue weighted by atomic mass is 9.91. The predicted molar refractivity (Wildman–Crippen MR) is 69.2 cm³/mol. The summed E-state index contributed by atoms with van der Waals surface area (Å²) in [6.07, 6.45) is 4.22. The number of aryl methyl sites for hydroxylation is 2. The van der Waals surface area contributed by atoms with Crippen LogP contribution in [0.15, 0.2) is 29.8 Å². The zero-order valence-corrected chi connectivity index (χ0v) is 10.6. The van der Waals surface area contributed by atoms with Crippen LogP contribution in [-0.4, -0.2) is 10.1 Å². The molecule has 1 aliphatic carbocycles. The molecule has 3 rings (SSSR count). The fourth-order valence-corrected chi connectivity index (χ4v) is 3.31. The number of benzene rings is 1. The summed E-state index contributed by atoms with van der Waals surface area (Å²) < 4.78 is 0. The average molecular weight is 245 g/mol. The van der Waals surface area contributed by atoms with E-state index in [1.807, 2.05) is 5.38 Å². The Bertz CT molecular complexity index is 535. The Morgan fingerprint density at radius 2 is 2.35 bits per heavy atom. The van der Waals surface area contributed by atoms with E-state index < -0.39 is 5.60 Å². The van der Waals surface area contributed by atoms with Gasteiger partial charge < -0.3 is 5.11 Å². The van der Waals surface area contributed by atoms with Gasteiger partial charge in [-0.2, -0.15) is 0 Å². The van der Waals surface area contributed by atoms with Gasteiger partial charge in [0.2, 0.25) is 0 Å². The number of hydrogen-bond donors (Lipinski definition) is 1. The molecule has 17 heavy (non-hydrogen) atoms. The van der Waals surface area contributed by atoms with Crippen LogP contribution >= 0.6 is 11.3 Å². The minimum atomic E-state index is -0.709. The van der Waals surface area contributed by atoms with Gasteiger partial charge in [-0.05, 0) is 30.9 Å². The largest absolute Gasteiger partial charge is 0.385 e. The molecule has 3 heteroatoms. The number of aromatic nitrogens is 1. The molecule has 0 amide bonds. The van der Waals surface area contributed by atoms with Crippen LogP contribution < -0.4 is 0 Å². The average Bonchev–Trinajstić information content (AvgIpc) is 2.89. The zero-order valence-electron chi connectivity index (χ0n) is 9.81. The van der Waals surface area contributed by atoms with E-state index in [1.165, 1.54) is 11.1 Å². The molecule has 1 aromatic carbocycles.